The number of nitrogens with zero attached hydrogens (tertiary/aromatic N) is 2. The van der Waals surface area contributed by atoms with Crippen LogP contribution < -0.4 is 15.6 Å². The second-order valence-electron chi connectivity index (χ2n) is 6.61. The van der Waals surface area contributed by atoms with Crippen LogP contribution in [-0.2, 0) is 4.79 Å². The molecule has 0 spiro atoms. The van der Waals surface area contributed by atoms with Gasteiger partial charge in [-0.1, -0.05) is 24.8 Å². The minimum atomic E-state index is -4.43. The molecule has 1 aliphatic rings. The molecular weight excluding hydrogens is 419 g/mol. The van der Waals surface area contributed by atoms with E-state index < -0.39 is 12.8 Å². The first-order chi connectivity index (χ1) is 14.2. The number of nitrogens with one attached hydrogen (secondary N) is 1. The number of amides is 1. The third-order valence-corrected chi connectivity index (χ3v) is 5.24. The molecule has 1 aliphatic heterocycles. The standard InChI is InChI=1S/C20H20F3N3O3S/c1-3-30-19-25-17(13-8-9-24-16(27)10-13)12(2)18(28)26(19)14-4-6-15(7-5-14)29-11-20(21,22)23/h4-9,13H,3,10-11H2,1-2H3,(H,24,27). The van der Waals surface area contributed by atoms with Crippen LogP contribution in [-0.4, -0.2) is 34.0 Å². The Labute approximate surface area is 175 Å². The molecule has 1 atom stereocenters. The smallest absolute Gasteiger partial charge is 0.422 e. The highest BCUT2D eigenvalue weighted by Crippen LogP contribution is 2.28. The summed E-state index contributed by atoms with van der Waals surface area (Å²) in [5, 5.41) is 3.05. The van der Waals surface area contributed by atoms with Crippen LogP contribution in [0.2, 0.25) is 0 Å². The molecule has 30 heavy (non-hydrogen) atoms. The number of thioether (sulfide) groups is 1. The average molecular weight is 439 g/mol. The van der Waals surface area contributed by atoms with E-state index in [0.29, 0.717) is 27.9 Å². The highest BCUT2D eigenvalue weighted by atomic mass is 32.2. The normalized spacial score (nSPS) is 16.4. The van der Waals surface area contributed by atoms with Gasteiger partial charge in [0, 0.05) is 24.1 Å². The van der Waals surface area contributed by atoms with Crippen molar-refractivity contribution < 1.29 is 22.7 Å². The van der Waals surface area contributed by atoms with Gasteiger partial charge in [-0.3, -0.25) is 14.2 Å². The molecule has 160 valence electrons. The largest absolute Gasteiger partial charge is 0.484 e. The first-order valence-corrected chi connectivity index (χ1v) is 10.2. The zero-order chi connectivity index (χ0) is 21.9. The van der Waals surface area contributed by atoms with Crippen molar-refractivity contribution >= 4 is 17.7 Å². The monoisotopic (exact) mass is 439 g/mol. The first kappa shape index (κ1) is 21.9. The summed E-state index contributed by atoms with van der Waals surface area (Å²) in [7, 11) is 0. The van der Waals surface area contributed by atoms with Crippen molar-refractivity contribution in [3.05, 3.63) is 58.2 Å². The van der Waals surface area contributed by atoms with Crippen molar-refractivity contribution in [3.63, 3.8) is 0 Å². The fourth-order valence-electron chi connectivity index (χ4n) is 3.04. The summed E-state index contributed by atoms with van der Waals surface area (Å²) in [6, 6.07) is 5.79. The molecule has 0 saturated carbocycles. The maximum absolute atomic E-state index is 13.2. The number of carbonyl (C=O) groups excluding carboxylic acids is 1. The van der Waals surface area contributed by atoms with E-state index in [2.05, 4.69) is 10.3 Å². The van der Waals surface area contributed by atoms with Crippen molar-refractivity contribution in [1.82, 2.24) is 14.9 Å². The zero-order valence-corrected chi connectivity index (χ0v) is 17.1. The molecule has 1 aromatic heterocycles. The summed E-state index contributed by atoms with van der Waals surface area (Å²) in [6.07, 6.45) is -0.875. The summed E-state index contributed by atoms with van der Waals surface area (Å²) >= 11 is 1.36. The number of rotatable bonds is 6. The summed E-state index contributed by atoms with van der Waals surface area (Å²) in [4.78, 5) is 29.5. The molecule has 0 fully saturated rings. The highest BCUT2D eigenvalue weighted by molar-refractivity contribution is 7.99. The summed E-state index contributed by atoms with van der Waals surface area (Å²) in [5.74, 6) is 0.263. The van der Waals surface area contributed by atoms with Crippen LogP contribution in [0.4, 0.5) is 13.2 Å². The number of benzene rings is 1. The maximum Gasteiger partial charge on any atom is 0.422 e. The van der Waals surface area contributed by atoms with Gasteiger partial charge in [0.1, 0.15) is 5.75 Å². The van der Waals surface area contributed by atoms with Crippen molar-refractivity contribution in [1.29, 1.82) is 0 Å². The molecule has 0 radical (unpaired) electrons. The minimum Gasteiger partial charge on any atom is -0.484 e. The number of halogens is 3. The number of alkyl halides is 3. The predicted molar refractivity (Wildman–Crippen MR) is 107 cm³/mol. The topological polar surface area (TPSA) is 73.2 Å². The van der Waals surface area contributed by atoms with Gasteiger partial charge in [-0.05, 0) is 36.9 Å². The molecule has 1 N–H and O–H groups in total. The van der Waals surface area contributed by atoms with E-state index in [4.69, 9.17) is 4.74 Å². The van der Waals surface area contributed by atoms with Crippen LogP contribution in [0.25, 0.3) is 5.69 Å². The Morgan fingerprint density at radius 2 is 1.97 bits per heavy atom. The van der Waals surface area contributed by atoms with Gasteiger partial charge in [-0.15, -0.1) is 0 Å². The quantitative estimate of drug-likeness (QED) is 0.549. The second-order valence-corrected chi connectivity index (χ2v) is 7.84. The van der Waals surface area contributed by atoms with Gasteiger partial charge in [-0.25, -0.2) is 4.98 Å². The Kier molecular flexibility index (Phi) is 6.55. The van der Waals surface area contributed by atoms with Crippen LogP contribution in [0.1, 0.15) is 30.5 Å². The molecule has 1 aromatic carbocycles. The number of aromatic nitrogens is 2. The molecule has 1 unspecified atom stereocenters. The summed E-state index contributed by atoms with van der Waals surface area (Å²) < 4.78 is 43.1. The Bertz CT molecular complexity index is 1020. The number of hydrogen-bond donors (Lipinski definition) is 1. The van der Waals surface area contributed by atoms with E-state index in [1.165, 1.54) is 40.6 Å². The summed E-state index contributed by atoms with van der Waals surface area (Å²) in [5.41, 5.74) is 1.13. The Hall–Kier alpha value is -2.75. The number of hydrogen-bond acceptors (Lipinski definition) is 5. The molecule has 2 heterocycles. The molecule has 1 amide bonds. The Morgan fingerprint density at radius 1 is 1.27 bits per heavy atom. The lowest BCUT2D eigenvalue weighted by Crippen LogP contribution is -2.29. The van der Waals surface area contributed by atoms with E-state index in [9.17, 15) is 22.8 Å². The zero-order valence-electron chi connectivity index (χ0n) is 16.3. The molecule has 2 aromatic rings. The maximum atomic E-state index is 13.2. The van der Waals surface area contributed by atoms with Crippen molar-refractivity contribution in [3.8, 4) is 11.4 Å². The molecular formula is C20H20F3N3O3S. The van der Waals surface area contributed by atoms with Crippen LogP contribution in [0, 0.1) is 6.92 Å². The molecule has 0 saturated heterocycles. The lowest BCUT2D eigenvalue weighted by molar-refractivity contribution is -0.153. The van der Waals surface area contributed by atoms with Crippen molar-refractivity contribution in [2.24, 2.45) is 0 Å². The van der Waals surface area contributed by atoms with E-state index in [0.717, 1.165) is 0 Å². The Balaban J connectivity index is 1.99. The fourth-order valence-corrected chi connectivity index (χ4v) is 3.78. The van der Waals surface area contributed by atoms with Crippen molar-refractivity contribution in [2.45, 2.75) is 37.5 Å². The lowest BCUT2D eigenvalue weighted by Gasteiger charge is -2.20. The van der Waals surface area contributed by atoms with Gasteiger partial charge in [0.15, 0.2) is 11.8 Å². The van der Waals surface area contributed by atoms with Gasteiger partial charge in [-0.2, -0.15) is 13.2 Å². The van der Waals surface area contributed by atoms with E-state index in [1.54, 1.807) is 19.2 Å². The SMILES string of the molecule is CCSc1nc(C2C=CNC(=O)C2)c(C)c(=O)n1-c1ccc(OCC(F)(F)F)cc1. The van der Waals surface area contributed by atoms with Gasteiger partial charge >= 0.3 is 6.18 Å². The van der Waals surface area contributed by atoms with E-state index >= 15 is 0 Å². The van der Waals surface area contributed by atoms with E-state index in [1.807, 2.05) is 6.92 Å². The third-order valence-electron chi connectivity index (χ3n) is 4.42. The molecule has 6 nitrogen and oxygen atoms in total. The van der Waals surface area contributed by atoms with Crippen molar-refractivity contribution in [2.75, 3.05) is 12.4 Å². The Morgan fingerprint density at radius 3 is 2.57 bits per heavy atom. The predicted octanol–water partition coefficient (Wildman–Crippen LogP) is 3.71. The molecule has 0 bridgehead atoms. The van der Waals surface area contributed by atoms with Gasteiger partial charge < -0.3 is 10.1 Å². The molecule has 0 aliphatic carbocycles. The molecule has 10 heteroatoms. The van der Waals surface area contributed by atoms with Crippen LogP contribution in [0.5, 0.6) is 5.75 Å². The number of ether oxygens (including phenoxy) is 1. The minimum absolute atomic E-state index is 0.0495. The summed E-state index contributed by atoms with van der Waals surface area (Å²) in [6.45, 7) is 2.19. The second kappa shape index (κ2) is 8.95. The highest BCUT2D eigenvalue weighted by Gasteiger charge is 2.28. The average Bonchev–Trinajstić information content (AvgIpc) is 2.69. The van der Waals surface area contributed by atoms with Crippen LogP contribution in [0.15, 0.2) is 46.5 Å². The first-order valence-electron chi connectivity index (χ1n) is 9.22. The number of carbonyl (C=O) groups is 1. The van der Waals surface area contributed by atoms with E-state index in [-0.39, 0.29) is 29.6 Å². The number of allylic oxidation sites excluding steroid dienone is 1. The fraction of sp³-hybridized carbons (Fsp3) is 0.350. The van der Waals surface area contributed by atoms with Gasteiger partial charge in [0.2, 0.25) is 5.91 Å². The third kappa shape index (κ3) is 5.05. The molecule has 3 rings (SSSR count). The van der Waals surface area contributed by atoms with Crippen LogP contribution >= 0.6 is 11.8 Å². The lowest BCUT2D eigenvalue weighted by atomic mass is 9.95. The van der Waals surface area contributed by atoms with Gasteiger partial charge in [0.25, 0.3) is 5.56 Å². The van der Waals surface area contributed by atoms with Gasteiger partial charge in [0.05, 0.1) is 11.4 Å². The van der Waals surface area contributed by atoms with Crippen LogP contribution in [0.3, 0.4) is 0 Å².